The van der Waals surface area contributed by atoms with Gasteiger partial charge in [-0.1, -0.05) is 60.7 Å². The molecular formula is C24H28N4OS. The number of likely N-dealkylation sites (N-methyl/N-ethyl adjacent to an activating group) is 1. The summed E-state index contributed by atoms with van der Waals surface area (Å²) in [5, 5.41) is 3.24. The zero-order chi connectivity index (χ0) is 20.9. The van der Waals surface area contributed by atoms with Gasteiger partial charge < -0.3 is 4.90 Å². The van der Waals surface area contributed by atoms with Crippen LogP contribution in [0.3, 0.4) is 0 Å². The minimum atomic E-state index is -0.215. The van der Waals surface area contributed by atoms with Crippen molar-refractivity contribution < 1.29 is 4.79 Å². The maximum atomic E-state index is 12.9. The van der Waals surface area contributed by atoms with E-state index in [0.29, 0.717) is 0 Å². The second-order valence-electron chi connectivity index (χ2n) is 7.87. The van der Waals surface area contributed by atoms with Crippen LogP contribution in [0.25, 0.3) is 10.6 Å². The molecule has 1 aliphatic rings. The number of carbonyl (C=O) groups excluding carboxylic acids is 1. The standard InChI is InChI=1S/C24H28N4OS/c1-26(2)24(29)22(19-9-5-3-6-10-19)28-15-13-27(14-16-28)17-21-18-30-23(25-21)20-11-7-4-8-12-20/h3-12,18,22H,13-17H2,1-2H3/t22-/m1/s1. The molecule has 5 nitrogen and oxygen atoms in total. The molecule has 0 radical (unpaired) electrons. The van der Waals surface area contributed by atoms with E-state index in [-0.39, 0.29) is 11.9 Å². The average molecular weight is 421 g/mol. The first-order chi connectivity index (χ1) is 14.6. The van der Waals surface area contributed by atoms with Crippen molar-refractivity contribution in [3.05, 3.63) is 77.3 Å². The Morgan fingerprint density at radius 1 is 1.00 bits per heavy atom. The van der Waals surface area contributed by atoms with Crippen molar-refractivity contribution in [3.63, 3.8) is 0 Å². The van der Waals surface area contributed by atoms with Gasteiger partial charge in [0, 0.05) is 57.8 Å². The van der Waals surface area contributed by atoms with Gasteiger partial charge in [0.25, 0.3) is 0 Å². The molecule has 1 fully saturated rings. The minimum absolute atomic E-state index is 0.140. The molecule has 1 aliphatic heterocycles. The fraction of sp³-hybridized carbons (Fsp3) is 0.333. The molecule has 0 aliphatic carbocycles. The van der Waals surface area contributed by atoms with E-state index in [4.69, 9.17) is 4.98 Å². The minimum Gasteiger partial charge on any atom is -0.347 e. The summed E-state index contributed by atoms with van der Waals surface area (Å²) in [4.78, 5) is 24.2. The van der Waals surface area contributed by atoms with Gasteiger partial charge >= 0.3 is 0 Å². The number of piperazine rings is 1. The summed E-state index contributed by atoms with van der Waals surface area (Å²) >= 11 is 1.70. The molecule has 0 bridgehead atoms. The first-order valence-electron chi connectivity index (χ1n) is 10.3. The molecule has 0 N–H and O–H groups in total. The van der Waals surface area contributed by atoms with Crippen LogP contribution < -0.4 is 0 Å². The summed E-state index contributed by atoms with van der Waals surface area (Å²) in [6, 6.07) is 20.2. The van der Waals surface area contributed by atoms with E-state index in [1.54, 1.807) is 16.2 Å². The highest BCUT2D eigenvalue weighted by molar-refractivity contribution is 7.13. The number of benzene rings is 2. The van der Waals surface area contributed by atoms with Crippen molar-refractivity contribution in [2.45, 2.75) is 12.6 Å². The SMILES string of the molecule is CN(C)C(=O)[C@@H](c1ccccc1)N1CCN(Cc2csc(-c3ccccc3)n2)CC1. The van der Waals surface area contributed by atoms with E-state index in [2.05, 4.69) is 39.4 Å². The predicted molar refractivity (Wildman–Crippen MR) is 122 cm³/mol. The topological polar surface area (TPSA) is 39.7 Å². The lowest BCUT2D eigenvalue weighted by Crippen LogP contribution is -2.50. The highest BCUT2D eigenvalue weighted by Crippen LogP contribution is 2.26. The number of amides is 1. The summed E-state index contributed by atoms with van der Waals surface area (Å²) in [5.41, 5.74) is 3.36. The monoisotopic (exact) mass is 420 g/mol. The Balaban J connectivity index is 1.39. The fourth-order valence-electron chi connectivity index (χ4n) is 3.89. The maximum Gasteiger partial charge on any atom is 0.244 e. The largest absolute Gasteiger partial charge is 0.347 e. The Hall–Kier alpha value is -2.54. The highest BCUT2D eigenvalue weighted by atomic mass is 32.1. The van der Waals surface area contributed by atoms with Crippen LogP contribution in [0.2, 0.25) is 0 Å². The van der Waals surface area contributed by atoms with Gasteiger partial charge in [0.2, 0.25) is 5.91 Å². The molecule has 156 valence electrons. The van der Waals surface area contributed by atoms with Crippen LogP contribution in [0, 0.1) is 0 Å². The number of thiazole rings is 1. The number of hydrogen-bond donors (Lipinski definition) is 0. The second-order valence-corrected chi connectivity index (χ2v) is 8.73. The third-order valence-corrected chi connectivity index (χ3v) is 6.46. The van der Waals surface area contributed by atoms with E-state index in [1.165, 1.54) is 5.56 Å². The number of hydrogen-bond acceptors (Lipinski definition) is 5. The second kappa shape index (κ2) is 9.51. The van der Waals surface area contributed by atoms with Gasteiger partial charge in [-0.2, -0.15) is 0 Å². The molecule has 2 heterocycles. The third-order valence-electron chi connectivity index (χ3n) is 5.52. The third kappa shape index (κ3) is 4.78. The highest BCUT2D eigenvalue weighted by Gasteiger charge is 2.31. The molecule has 1 atom stereocenters. The van der Waals surface area contributed by atoms with Crippen molar-refractivity contribution in [1.29, 1.82) is 0 Å². The van der Waals surface area contributed by atoms with Crippen molar-refractivity contribution in [3.8, 4) is 10.6 Å². The molecule has 0 saturated carbocycles. The normalized spacial score (nSPS) is 16.3. The maximum absolute atomic E-state index is 12.9. The predicted octanol–water partition coefficient (Wildman–Crippen LogP) is 3.76. The quantitative estimate of drug-likeness (QED) is 0.609. The van der Waals surface area contributed by atoms with Gasteiger partial charge in [0.05, 0.1) is 5.69 Å². The van der Waals surface area contributed by atoms with Gasteiger partial charge in [-0.05, 0) is 5.56 Å². The van der Waals surface area contributed by atoms with Gasteiger partial charge in [0.15, 0.2) is 0 Å². The molecule has 2 aromatic carbocycles. The lowest BCUT2D eigenvalue weighted by Gasteiger charge is -2.39. The molecule has 6 heteroatoms. The van der Waals surface area contributed by atoms with E-state index >= 15 is 0 Å². The first kappa shape index (κ1) is 20.7. The van der Waals surface area contributed by atoms with E-state index in [9.17, 15) is 4.79 Å². The Kier molecular flexibility index (Phi) is 6.57. The van der Waals surface area contributed by atoms with Crippen LogP contribution in [-0.2, 0) is 11.3 Å². The van der Waals surface area contributed by atoms with Gasteiger partial charge in [-0.15, -0.1) is 11.3 Å². The molecule has 0 spiro atoms. The molecular weight excluding hydrogens is 392 g/mol. The van der Waals surface area contributed by atoms with Crippen LogP contribution in [0.5, 0.6) is 0 Å². The van der Waals surface area contributed by atoms with Crippen molar-refractivity contribution in [1.82, 2.24) is 19.7 Å². The summed E-state index contributed by atoms with van der Waals surface area (Å²) < 4.78 is 0. The Morgan fingerprint density at radius 3 is 2.27 bits per heavy atom. The van der Waals surface area contributed by atoms with Crippen molar-refractivity contribution in [2.24, 2.45) is 0 Å². The molecule has 30 heavy (non-hydrogen) atoms. The lowest BCUT2D eigenvalue weighted by molar-refractivity contribution is -0.135. The van der Waals surface area contributed by atoms with Crippen LogP contribution in [0.15, 0.2) is 66.0 Å². The molecule has 1 saturated heterocycles. The van der Waals surface area contributed by atoms with Crippen LogP contribution in [0.4, 0.5) is 0 Å². The van der Waals surface area contributed by atoms with Crippen molar-refractivity contribution >= 4 is 17.2 Å². The van der Waals surface area contributed by atoms with Crippen LogP contribution in [-0.4, -0.2) is 65.9 Å². The average Bonchev–Trinajstić information content (AvgIpc) is 3.25. The van der Waals surface area contributed by atoms with Crippen LogP contribution in [0.1, 0.15) is 17.3 Å². The van der Waals surface area contributed by atoms with Gasteiger partial charge in [-0.25, -0.2) is 4.98 Å². The van der Waals surface area contributed by atoms with E-state index < -0.39 is 0 Å². The summed E-state index contributed by atoms with van der Waals surface area (Å²) in [6.07, 6.45) is 0. The smallest absolute Gasteiger partial charge is 0.244 e. The van der Waals surface area contributed by atoms with Gasteiger partial charge in [-0.3, -0.25) is 14.6 Å². The number of rotatable bonds is 6. The lowest BCUT2D eigenvalue weighted by atomic mass is 10.0. The number of carbonyl (C=O) groups is 1. The molecule has 1 amide bonds. The zero-order valence-corrected chi connectivity index (χ0v) is 18.4. The van der Waals surface area contributed by atoms with Gasteiger partial charge in [0.1, 0.15) is 11.0 Å². The molecule has 0 unspecified atom stereocenters. The van der Waals surface area contributed by atoms with Crippen LogP contribution >= 0.6 is 11.3 Å². The Bertz CT molecular complexity index is 950. The Morgan fingerprint density at radius 2 is 1.63 bits per heavy atom. The van der Waals surface area contributed by atoms with E-state index in [1.807, 2.05) is 50.5 Å². The molecule has 3 aromatic rings. The summed E-state index contributed by atoms with van der Waals surface area (Å²) in [6.45, 7) is 4.46. The summed E-state index contributed by atoms with van der Waals surface area (Å²) in [5.74, 6) is 0.140. The first-order valence-corrected chi connectivity index (χ1v) is 11.2. The zero-order valence-electron chi connectivity index (χ0n) is 17.6. The molecule has 4 rings (SSSR count). The van der Waals surface area contributed by atoms with E-state index in [0.717, 1.165) is 49.0 Å². The van der Waals surface area contributed by atoms with Crippen molar-refractivity contribution in [2.75, 3.05) is 40.3 Å². The molecule has 1 aromatic heterocycles. The summed E-state index contributed by atoms with van der Waals surface area (Å²) in [7, 11) is 3.67. The Labute approximate surface area is 182 Å². The number of nitrogens with zero attached hydrogens (tertiary/aromatic N) is 4. The fourth-order valence-corrected chi connectivity index (χ4v) is 4.71. The number of aromatic nitrogens is 1.